The molecule has 0 aliphatic carbocycles. The predicted molar refractivity (Wildman–Crippen MR) is 64.2 cm³/mol. The van der Waals surface area contributed by atoms with E-state index in [2.05, 4.69) is 6.07 Å². The number of hydrogen-bond acceptors (Lipinski definition) is 5. The van der Waals surface area contributed by atoms with Crippen LogP contribution in [0.3, 0.4) is 0 Å². The van der Waals surface area contributed by atoms with E-state index in [-0.39, 0.29) is 24.5 Å². The van der Waals surface area contributed by atoms with Gasteiger partial charge in [-0.15, -0.1) is 0 Å². The van der Waals surface area contributed by atoms with Crippen molar-refractivity contribution in [2.75, 3.05) is 13.2 Å². The fraction of sp³-hybridized carbons (Fsp3) is 0.417. The third-order valence-corrected chi connectivity index (χ3v) is 2.58. The van der Waals surface area contributed by atoms with Crippen molar-refractivity contribution in [2.24, 2.45) is 0 Å². The Bertz CT molecular complexity index is 483. The highest BCUT2D eigenvalue weighted by Crippen LogP contribution is 2.32. The van der Waals surface area contributed by atoms with Crippen molar-refractivity contribution >= 4 is 8.46 Å². The smallest absolute Gasteiger partial charge is 0.413 e. The average molecular weight is 284 g/mol. The zero-order valence-electron chi connectivity index (χ0n) is 10.5. The number of hydrogen-bond donors (Lipinski definition) is 0. The van der Waals surface area contributed by atoms with Crippen LogP contribution in [-0.2, 0) is 14.0 Å². The van der Waals surface area contributed by atoms with Crippen LogP contribution < -0.4 is 4.74 Å². The molecular formula is C12H12FNO4P. The van der Waals surface area contributed by atoms with Crippen LogP contribution in [0.4, 0.5) is 4.39 Å². The summed E-state index contributed by atoms with van der Waals surface area (Å²) in [4.78, 5) is 0. The summed E-state index contributed by atoms with van der Waals surface area (Å²) >= 11 is 0. The SMILES string of the molecule is CCOC(OCC)(Oc1c[c]c(F)cc1C#N)P=O. The van der Waals surface area contributed by atoms with Gasteiger partial charge in [-0.05, 0) is 26.0 Å². The van der Waals surface area contributed by atoms with Crippen LogP contribution in [0.25, 0.3) is 0 Å². The molecule has 0 fully saturated rings. The van der Waals surface area contributed by atoms with Gasteiger partial charge >= 0.3 is 5.71 Å². The van der Waals surface area contributed by atoms with Crippen molar-refractivity contribution in [2.45, 2.75) is 19.6 Å². The Balaban J connectivity index is 3.09. The topological polar surface area (TPSA) is 68.6 Å². The third kappa shape index (κ3) is 3.97. The van der Waals surface area contributed by atoms with Crippen LogP contribution in [0.15, 0.2) is 12.1 Å². The largest absolute Gasteiger partial charge is 0.429 e. The van der Waals surface area contributed by atoms with E-state index in [9.17, 15) is 8.96 Å². The normalized spacial score (nSPS) is 11.3. The van der Waals surface area contributed by atoms with Gasteiger partial charge in [-0.2, -0.15) is 5.26 Å². The van der Waals surface area contributed by atoms with E-state index >= 15 is 0 Å². The molecule has 0 aliphatic heterocycles. The zero-order chi connectivity index (χ0) is 14.3. The van der Waals surface area contributed by atoms with Crippen LogP contribution in [0, 0.1) is 23.2 Å². The molecule has 101 valence electrons. The van der Waals surface area contributed by atoms with Gasteiger partial charge in [-0.1, -0.05) is 0 Å². The van der Waals surface area contributed by atoms with Crippen molar-refractivity contribution < 1.29 is 23.2 Å². The Morgan fingerprint density at radius 1 is 1.47 bits per heavy atom. The molecule has 0 saturated carbocycles. The van der Waals surface area contributed by atoms with Crippen LogP contribution >= 0.6 is 8.46 Å². The standard InChI is InChI=1S/C12H12FNO4P/c1-3-16-12(19-15,17-4-2)18-11-6-5-10(13)7-9(11)8-14/h6-7H,3-4H2,1-2H3. The highest BCUT2D eigenvalue weighted by atomic mass is 31.1. The van der Waals surface area contributed by atoms with Gasteiger partial charge in [-0.25, -0.2) is 4.39 Å². The molecule has 0 unspecified atom stereocenters. The van der Waals surface area contributed by atoms with Gasteiger partial charge in [0.1, 0.15) is 17.6 Å². The maximum absolute atomic E-state index is 13.0. The fourth-order valence-corrected chi connectivity index (χ4v) is 1.80. The van der Waals surface area contributed by atoms with Gasteiger partial charge in [0.05, 0.1) is 18.8 Å². The number of rotatable bonds is 7. The monoisotopic (exact) mass is 284 g/mol. The maximum atomic E-state index is 13.0. The fourth-order valence-electron chi connectivity index (χ4n) is 1.30. The van der Waals surface area contributed by atoms with Gasteiger partial charge in [0.2, 0.25) is 0 Å². The Labute approximate surface area is 112 Å². The Hall–Kier alpha value is -1.54. The second-order valence-corrected chi connectivity index (χ2v) is 3.98. The molecular weight excluding hydrogens is 272 g/mol. The number of benzene rings is 1. The first-order valence-corrected chi connectivity index (χ1v) is 6.34. The summed E-state index contributed by atoms with van der Waals surface area (Å²) in [5.74, 6) is -0.712. The minimum atomic E-state index is -1.85. The van der Waals surface area contributed by atoms with Crippen molar-refractivity contribution in [1.29, 1.82) is 5.26 Å². The Morgan fingerprint density at radius 2 is 2.11 bits per heavy atom. The van der Waals surface area contributed by atoms with Gasteiger partial charge in [0, 0.05) is 6.07 Å². The predicted octanol–water partition coefficient (Wildman–Crippen LogP) is 2.85. The van der Waals surface area contributed by atoms with E-state index in [0.29, 0.717) is 0 Å². The van der Waals surface area contributed by atoms with Crippen molar-refractivity contribution in [3.63, 3.8) is 0 Å². The zero-order valence-corrected chi connectivity index (χ0v) is 11.4. The van der Waals surface area contributed by atoms with Gasteiger partial charge in [0.25, 0.3) is 8.46 Å². The average Bonchev–Trinajstić information content (AvgIpc) is 2.41. The summed E-state index contributed by atoms with van der Waals surface area (Å²) in [5, 5.41) is 8.90. The summed E-state index contributed by atoms with van der Waals surface area (Å²) in [6.45, 7) is 3.71. The van der Waals surface area contributed by atoms with Crippen molar-refractivity contribution in [3.8, 4) is 11.8 Å². The van der Waals surface area contributed by atoms with Gasteiger partial charge in [0.15, 0.2) is 0 Å². The van der Waals surface area contributed by atoms with Crippen LogP contribution in [0.2, 0.25) is 0 Å². The molecule has 0 amide bonds. The second kappa shape index (κ2) is 7.15. The van der Waals surface area contributed by atoms with E-state index in [1.807, 2.05) is 0 Å². The molecule has 19 heavy (non-hydrogen) atoms. The molecule has 0 saturated heterocycles. The van der Waals surface area contributed by atoms with E-state index in [0.717, 1.165) is 12.1 Å². The summed E-state index contributed by atoms with van der Waals surface area (Å²) in [6, 6.07) is 6.10. The highest BCUT2D eigenvalue weighted by molar-refractivity contribution is 7.25. The summed E-state index contributed by atoms with van der Waals surface area (Å²) < 4.78 is 39.8. The lowest BCUT2D eigenvalue weighted by atomic mass is 10.2. The lowest BCUT2D eigenvalue weighted by Crippen LogP contribution is -2.36. The first kappa shape index (κ1) is 15.5. The minimum Gasteiger partial charge on any atom is -0.429 e. The number of nitrogens with zero attached hydrogens (tertiary/aromatic N) is 1. The quantitative estimate of drug-likeness (QED) is 0.569. The van der Waals surface area contributed by atoms with Crippen molar-refractivity contribution in [3.05, 3.63) is 29.6 Å². The van der Waals surface area contributed by atoms with E-state index in [1.54, 1.807) is 19.9 Å². The Morgan fingerprint density at radius 3 is 2.58 bits per heavy atom. The van der Waals surface area contributed by atoms with Crippen LogP contribution in [-0.4, -0.2) is 18.9 Å². The first-order valence-electron chi connectivity index (χ1n) is 5.53. The second-order valence-electron chi connectivity index (χ2n) is 3.25. The molecule has 1 aromatic rings. The lowest BCUT2D eigenvalue weighted by molar-refractivity contribution is -0.277. The molecule has 1 aromatic carbocycles. The molecule has 7 heteroatoms. The van der Waals surface area contributed by atoms with Crippen LogP contribution in [0.1, 0.15) is 19.4 Å². The molecule has 0 N–H and O–H groups in total. The lowest BCUT2D eigenvalue weighted by Gasteiger charge is -2.26. The molecule has 0 aromatic heterocycles. The molecule has 5 nitrogen and oxygen atoms in total. The Kier molecular flexibility index (Phi) is 5.84. The number of ether oxygens (including phenoxy) is 3. The molecule has 0 atom stereocenters. The molecule has 0 spiro atoms. The molecule has 0 aliphatic rings. The van der Waals surface area contributed by atoms with Gasteiger partial charge < -0.3 is 14.2 Å². The number of halogens is 1. The van der Waals surface area contributed by atoms with E-state index in [4.69, 9.17) is 19.5 Å². The minimum absolute atomic E-state index is 0.0193. The van der Waals surface area contributed by atoms with Crippen LogP contribution in [0.5, 0.6) is 5.75 Å². The maximum Gasteiger partial charge on any atom is 0.413 e. The molecule has 0 bridgehead atoms. The molecule has 0 heterocycles. The van der Waals surface area contributed by atoms with E-state index in [1.165, 1.54) is 0 Å². The number of nitriles is 1. The third-order valence-electron chi connectivity index (χ3n) is 2.00. The molecule has 1 rings (SSSR count). The highest BCUT2D eigenvalue weighted by Gasteiger charge is 2.37. The first-order chi connectivity index (χ1) is 9.10. The summed E-state index contributed by atoms with van der Waals surface area (Å²) in [7, 11) is -0.565. The van der Waals surface area contributed by atoms with Gasteiger partial charge in [-0.3, -0.25) is 4.57 Å². The summed E-state index contributed by atoms with van der Waals surface area (Å²) in [5.41, 5.74) is -1.91. The molecule has 1 radical (unpaired) electrons. The van der Waals surface area contributed by atoms with Crippen molar-refractivity contribution in [1.82, 2.24) is 0 Å². The summed E-state index contributed by atoms with van der Waals surface area (Å²) in [6.07, 6.45) is 0. The van der Waals surface area contributed by atoms with E-state index < -0.39 is 20.0 Å².